The lowest BCUT2D eigenvalue weighted by molar-refractivity contribution is -0.143. The molecule has 9 heteroatoms. The molecule has 5 rings (SSSR count). The van der Waals surface area contributed by atoms with Crippen LogP contribution in [-0.4, -0.2) is 40.7 Å². The molecule has 2 amide bonds. The minimum atomic E-state index is -0.897. The summed E-state index contributed by atoms with van der Waals surface area (Å²) in [6.45, 7) is 0.177. The number of hydrogen-bond acceptors (Lipinski definition) is 6. The number of carboxylic acids is 1. The van der Waals surface area contributed by atoms with Gasteiger partial charge in [-0.1, -0.05) is 61.4 Å². The Balaban J connectivity index is 1.19. The minimum Gasteiger partial charge on any atom is -0.481 e. The van der Waals surface area contributed by atoms with Crippen LogP contribution in [0.4, 0.5) is 9.93 Å². The van der Waals surface area contributed by atoms with E-state index in [-0.39, 0.29) is 23.4 Å². The van der Waals surface area contributed by atoms with Crippen LogP contribution in [0.3, 0.4) is 0 Å². The van der Waals surface area contributed by atoms with Gasteiger partial charge in [0.25, 0.3) is 5.91 Å². The molecule has 3 N–H and O–H groups in total. The maximum Gasteiger partial charge on any atom is 0.413 e. The highest BCUT2D eigenvalue weighted by atomic mass is 32.1. The summed E-state index contributed by atoms with van der Waals surface area (Å²) >= 11 is 1.11. The van der Waals surface area contributed by atoms with Crippen molar-refractivity contribution in [2.24, 2.45) is 5.92 Å². The normalized spacial score (nSPS) is 18.9. The van der Waals surface area contributed by atoms with Gasteiger partial charge in [0.15, 0.2) is 5.13 Å². The van der Waals surface area contributed by atoms with E-state index in [0.29, 0.717) is 12.8 Å². The summed E-state index contributed by atoms with van der Waals surface area (Å²) in [5, 5.41) is 16.6. The number of thiazole rings is 1. The molecule has 2 aromatic carbocycles. The molecule has 35 heavy (non-hydrogen) atoms. The van der Waals surface area contributed by atoms with Crippen molar-refractivity contribution in [3.63, 3.8) is 0 Å². The van der Waals surface area contributed by atoms with Crippen molar-refractivity contribution in [2.75, 3.05) is 11.9 Å². The van der Waals surface area contributed by atoms with E-state index in [4.69, 9.17) is 4.74 Å². The average molecular weight is 492 g/mol. The lowest BCUT2D eigenvalue weighted by Gasteiger charge is -2.28. The number of rotatable bonds is 6. The second-order valence-electron chi connectivity index (χ2n) is 8.80. The third-order valence-corrected chi connectivity index (χ3v) is 7.45. The molecule has 2 aliphatic rings. The molecule has 2 unspecified atom stereocenters. The standard InChI is InChI=1S/C26H25N3O5S/c30-23(27-21-12-6-5-11-19(21)24(31)32)22-14-35-25(28-22)29-26(33)34-13-20-17-9-3-1-7-15(17)16-8-2-4-10-18(16)20/h1-4,7-10,14,19-21H,5-6,11-13H2,(H,27,30)(H,31,32)(H,28,29,33). The summed E-state index contributed by atoms with van der Waals surface area (Å²) in [6, 6.07) is 15.8. The number of carbonyl (C=O) groups excluding carboxylic acids is 2. The number of anilines is 1. The number of ether oxygens (including phenoxy) is 1. The predicted molar refractivity (Wildman–Crippen MR) is 132 cm³/mol. The molecule has 2 aliphatic carbocycles. The van der Waals surface area contributed by atoms with E-state index in [1.807, 2.05) is 36.4 Å². The number of amides is 2. The van der Waals surface area contributed by atoms with Crippen molar-refractivity contribution < 1.29 is 24.2 Å². The number of carbonyl (C=O) groups is 3. The quantitative estimate of drug-likeness (QED) is 0.453. The van der Waals surface area contributed by atoms with Gasteiger partial charge in [0.2, 0.25) is 0 Å². The number of benzene rings is 2. The third kappa shape index (κ3) is 4.77. The van der Waals surface area contributed by atoms with Gasteiger partial charge in [-0.2, -0.15) is 0 Å². The third-order valence-electron chi connectivity index (χ3n) is 6.69. The van der Waals surface area contributed by atoms with Crippen molar-refractivity contribution in [3.8, 4) is 11.1 Å². The minimum absolute atomic E-state index is 0.0524. The van der Waals surface area contributed by atoms with Gasteiger partial charge in [-0.3, -0.25) is 14.9 Å². The van der Waals surface area contributed by atoms with Gasteiger partial charge < -0.3 is 15.2 Å². The van der Waals surface area contributed by atoms with Crippen molar-refractivity contribution >= 4 is 34.4 Å². The van der Waals surface area contributed by atoms with E-state index in [2.05, 4.69) is 27.8 Å². The van der Waals surface area contributed by atoms with Crippen LogP contribution in [0.5, 0.6) is 0 Å². The molecule has 8 nitrogen and oxygen atoms in total. The van der Waals surface area contributed by atoms with Crippen LogP contribution in [0.2, 0.25) is 0 Å². The summed E-state index contributed by atoms with van der Waals surface area (Å²) in [6.07, 6.45) is 2.24. The molecule has 1 fully saturated rings. The fraction of sp³-hybridized carbons (Fsp3) is 0.308. The van der Waals surface area contributed by atoms with Crippen molar-refractivity contribution in [3.05, 3.63) is 70.7 Å². The van der Waals surface area contributed by atoms with Crippen LogP contribution >= 0.6 is 11.3 Å². The second-order valence-corrected chi connectivity index (χ2v) is 9.66. The van der Waals surface area contributed by atoms with Gasteiger partial charge in [0.1, 0.15) is 12.3 Å². The molecule has 0 bridgehead atoms. The first-order chi connectivity index (χ1) is 17.0. The lowest BCUT2D eigenvalue weighted by Crippen LogP contribution is -2.45. The van der Waals surface area contributed by atoms with Crippen molar-refractivity contribution in [2.45, 2.75) is 37.6 Å². The predicted octanol–water partition coefficient (Wildman–Crippen LogP) is 4.88. The fourth-order valence-corrected chi connectivity index (χ4v) is 5.68. The Hall–Kier alpha value is -3.72. The van der Waals surface area contributed by atoms with Gasteiger partial charge in [0, 0.05) is 17.3 Å². The average Bonchev–Trinajstić information content (AvgIpc) is 3.46. The summed E-state index contributed by atoms with van der Waals surface area (Å²) < 4.78 is 5.53. The van der Waals surface area contributed by atoms with Crippen LogP contribution in [0.25, 0.3) is 11.1 Å². The van der Waals surface area contributed by atoms with Crippen LogP contribution in [0.1, 0.15) is 53.2 Å². The van der Waals surface area contributed by atoms with E-state index in [0.717, 1.165) is 46.4 Å². The summed E-state index contributed by atoms with van der Waals surface area (Å²) in [7, 11) is 0. The molecule has 180 valence electrons. The van der Waals surface area contributed by atoms with Gasteiger partial charge in [-0.05, 0) is 35.1 Å². The Labute approximate surface area is 206 Å². The number of carboxylic acid groups (broad SMARTS) is 1. The summed E-state index contributed by atoms with van der Waals surface area (Å²) in [5.41, 5.74) is 4.68. The molecule has 0 spiro atoms. The first kappa shape index (κ1) is 23.0. The Morgan fingerprint density at radius 3 is 2.34 bits per heavy atom. The van der Waals surface area contributed by atoms with Gasteiger partial charge >= 0.3 is 12.1 Å². The number of aliphatic carboxylic acids is 1. The van der Waals surface area contributed by atoms with E-state index in [9.17, 15) is 19.5 Å². The highest BCUT2D eigenvalue weighted by molar-refractivity contribution is 7.14. The zero-order valence-corrected chi connectivity index (χ0v) is 19.7. The summed E-state index contributed by atoms with van der Waals surface area (Å²) in [4.78, 5) is 40.7. The second kappa shape index (κ2) is 9.87. The summed E-state index contributed by atoms with van der Waals surface area (Å²) in [5.74, 6) is -1.99. The fourth-order valence-electron chi connectivity index (χ4n) is 5.00. The zero-order valence-electron chi connectivity index (χ0n) is 18.9. The van der Waals surface area contributed by atoms with Crippen LogP contribution in [0, 0.1) is 5.92 Å². The van der Waals surface area contributed by atoms with Crippen LogP contribution < -0.4 is 10.6 Å². The Bertz CT molecular complexity index is 1230. The highest BCUT2D eigenvalue weighted by Gasteiger charge is 2.32. The molecular formula is C26H25N3O5S. The smallest absolute Gasteiger partial charge is 0.413 e. The molecule has 2 atom stereocenters. The molecule has 0 radical (unpaired) electrons. The maximum absolute atomic E-state index is 12.6. The maximum atomic E-state index is 12.6. The van der Waals surface area contributed by atoms with Gasteiger partial charge in [-0.25, -0.2) is 9.78 Å². The van der Waals surface area contributed by atoms with E-state index < -0.39 is 29.9 Å². The monoisotopic (exact) mass is 491 g/mol. The van der Waals surface area contributed by atoms with Gasteiger partial charge in [0.05, 0.1) is 5.92 Å². The molecular weight excluding hydrogens is 466 g/mol. The molecule has 1 heterocycles. The number of nitrogens with one attached hydrogen (secondary N) is 2. The molecule has 3 aromatic rings. The topological polar surface area (TPSA) is 118 Å². The van der Waals surface area contributed by atoms with E-state index in [1.165, 1.54) is 5.38 Å². The number of nitrogens with zero attached hydrogens (tertiary/aromatic N) is 1. The first-order valence-electron chi connectivity index (χ1n) is 11.6. The Kier molecular flexibility index (Phi) is 6.50. The number of aromatic nitrogens is 1. The van der Waals surface area contributed by atoms with Crippen molar-refractivity contribution in [1.29, 1.82) is 0 Å². The number of fused-ring (bicyclic) bond motifs is 3. The van der Waals surface area contributed by atoms with Crippen LogP contribution in [-0.2, 0) is 9.53 Å². The van der Waals surface area contributed by atoms with Crippen molar-refractivity contribution in [1.82, 2.24) is 10.3 Å². The molecule has 0 saturated heterocycles. The molecule has 0 aliphatic heterocycles. The lowest BCUT2D eigenvalue weighted by atomic mass is 9.84. The SMILES string of the molecule is O=C(Nc1nc(C(=O)NC2CCCCC2C(=O)O)cs1)OCC1c2ccccc2-c2ccccc21. The van der Waals surface area contributed by atoms with E-state index >= 15 is 0 Å². The van der Waals surface area contributed by atoms with Crippen LogP contribution in [0.15, 0.2) is 53.9 Å². The van der Waals surface area contributed by atoms with E-state index in [1.54, 1.807) is 0 Å². The molecule has 1 aromatic heterocycles. The van der Waals surface area contributed by atoms with Gasteiger partial charge in [-0.15, -0.1) is 11.3 Å². The highest BCUT2D eigenvalue weighted by Crippen LogP contribution is 2.44. The Morgan fingerprint density at radius 2 is 1.66 bits per heavy atom. The zero-order chi connectivity index (χ0) is 24.4. The largest absolute Gasteiger partial charge is 0.481 e. The Morgan fingerprint density at radius 1 is 1.00 bits per heavy atom. The molecule has 1 saturated carbocycles. The number of hydrogen-bond donors (Lipinski definition) is 3. The first-order valence-corrected chi connectivity index (χ1v) is 12.5.